The van der Waals surface area contributed by atoms with E-state index in [1.165, 1.54) is 0 Å². The van der Waals surface area contributed by atoms with Crippen molar-refractivity contribution in [3.05, 3.63) is 57.7 Å². The molecule has 2 bridgehead atoms. The third-order valence-corrected chi connectivity index (χ3v) is 8.19. The molecule has 5 nitrogen and oxygen atoms in total. The topological polar surface area (TPSA) is 94.8 Å². The summed E-state index contributed by atoms with van der Waals surface area (Å²) in [6.07, 6.45) is 4.29. The Kier molecular flexibility index (Phi) is 6.00. The van der Waals surface area contributed by atoms with Crippen LogP contribution in [0.2, 0.25) is 0 Å². The zero-order valence-electron chi connectivity index (χ0n) is 21.7. The summed E-state index contributed by atoms with van der Waals surface area (Å²) in [5.74, 6) is -2.10. The molecular formula is C30H36O5. The van der Waals surface area contributed by atoms with Crippen molar-refractivity contribution in [2.75, 3.05) is 0 Å². The third-order valence-electron chi connectivity index (χ3n) is 8.19. The van der Waals surface area contributed by atoms with E-state index in [9.17, 15) is 24.9 Å². The van der Waals surface area contributed by atoms with Gasteiger partial charge in [0.25, 0.3) is 0 Å². The molecule has 0 aliphatic heterocycles. The van der Waals surface area contributed by atoms with Gasteiger partial charge in [0.1, 0.15) is 11.5 Å². The van der Waals surface area contributed by atoms with Crippen LogP contribution in [-0.2, 0) is 16.6 Å². The average molecular weight is 477 g/mol. The standard InChI is InChI=1S/C30H36O5/c1-15(2)8-9-18-17(5)12-21(31)23-19(18)13-20-24(26(23)33)27(34)25-28(35)30(20,11-10-16(3)4)14-22(32)29(25,6)7/h8,10,12-13,22,25,31-33H,9,11,14H2,1-7H3/t22-,25-,30-/m0/s1. The maximum absolute atomic E-state index is 14.1. The first kappa shape index (κ1) is 25.2. The predicted molar refractivity (Wildman–Crippen MR) is 138 cm³/mol. The van der Waals surface area contributed by atoms with Gasteiger partial charge in [0, 0.05) is 5.41 Å². The zero-order chi connectivity index (χ0) is 26.0. The number of carbonyl (C=O) groups excluding carboxylic acids is 2. The SMILES string of the molecule is CC(C)=CCc1c(C)cc(O)c2c(O)c3c(cc12)[C@]1(CC=C(C)C)C[C@H](O)C(C)(C)[C@@H](C3=O)C1=O. The van der Waals surface area contributed by atoms with Crippen LogP contribution in [0.1, 0.15) is 81.4 Å². The van der Waals surface area contributed by atoms with Gasteiger partial charge < -0.3 is 15.3 Å². The van der Waals surface area contributed by atoms with E-state index < -0.39 is 28.6 Å². The Balaban J connectivity index is 2.15. The van der Waals surface area contributed by atoms with Crippen molar-refractivity contribution in [3.63, 3.8) is 0 Å². The Morgan fingerprint density at radius 2 is 1.69 bits per heavy atom. The molecule has 0 unspecified atom stereocenters. The Bertz CT molecular complexity index is 1320. The average Bonchev–Trinajstić information content (AvgIpc) is 2.73. The summed E-state index contributed by atoms with van der Waals surface area (Å²) in [5.41, 5.74) is 2.43. The quantitative estimate of drug-likeness (QED) is 0.381. The minimum atomic E-state index is -1.13. The van der Waals surface area contributed by atoms with Gasteiger partial charge in [-0.05, 0) is 88.1 Å². The number of carbonyl (C=O) groups is 2. The fourth-order valence-corrected chi connectivity index (χ4v) is 5.96. The van der Waals surface area contributed by atoms with Crippen LogP contribution in [0.25, 0.3) is 10.8 Å². The van der Waals surface area contributed by atoms with Crippen LogP contribution in [0, 0.1) is 18.3 Å². The number of hydrogen-bond acceptors (Lipinski definition) is 5. The molecule has 2 aromatic rings. The van der Waals surface area contributed by atoms with Crippen molar-refractivity contribution in [2.24, 2.45) is 11.3 Å². The van der Waals surface area contributed by atoms with E-state index in [2.05, 4.69) is 6.08 Å². The Labute approximate surface area is 207 Å². The Morgan fingerprint density at radius 1 is 1.06 bits per heavy atom. The predicted octanol–water partition coefficient (Wildman–Crippen LogP) is 5.83. The molecule has 2 aromatic carbocycles. The van der Waals surface area contributed by atoms with Crippen LogP contribution in [0.15, 0.2) is 35.4 Å². The van der Waals surface area contributed by atoms with Gasteiger partial charge in [0.2, 0.25) is 0 Å². The van der Waals surface area contributed by atoms with Crippen molar-refractivity contribution in [3.8, 4) is 11.5 Å². The molecule has 2 aliphatic carbocycles. The molecule has 1 fully saturated rings. The number of hydrogen-bond donors (Lipinski definition) is 3. The number of phenolic OH excluding ortho intramolecular Hbond substituents is 2. The zero-order valence-corrected chi connectivity index (χ0v) is 21.7. The number of allylic oxidation sites excluding steroid dienone is 4. The first-order chi connectivity index (χ1) is 16.2. The highest BCUT2D eigenvalue weighted by molar-refractivity contribution is 6.23. The molecule has 2 aliphatic rings. The number of ketones is 2. The van der Waals surface area contributed by atoms with Crippen LogP contribution in [-0.4, -0.2) is 33.0 Å². The van der Waals surface area contributed by atoms with Gasteiger partial charge in [-0.2, -0.15) is 0 Å². The summed E-state index contributed by atoms with van der Waals surface area (Å²) in [5, 5.41) is 34.4. The van der Waals surface area contributed by atoms with Gasteiger partial charge in [-0.1, -0.05) is 37.1 Å². The molecule has 0 saturated heterocycles. The number of fused-ring (bicyclic) bond motifs is 5. The van der Waals surface area contributed by atoms with E-state index in [0.29, 0.717) is 23.8 Å². The number of rotatable bonds is 4. The molecule has 35 heavy (non-hydrogen) atoms. The van der Waals surface area contributed by atoms with E-state index in [1.807, 2.05) is 46.8 Å². The lowest BCUT2D eigenvalue weighted by molar-refractivity contribution is -0.144. The largest absolute Gasteiger partial charge is 0.507 e. The number of phenols is 2. The molecule has 0 amide bonds. The van der Waals surface area contributed by atoms with Gasteiger partial charge in [-0.3, -0.25) is 9.59 Å². The molecule has 0 heterocycles. The van der Waals surface area contributed by atoms with E-state index in [0.717, 1.165) is 22.3 Å². The summed E-state index contributed by atoms with van der Waals surface area (Å²) < 4.78 is 0. The first-order valence-electron chi connectivity index (χ1n) is 12.3. The number of Topliss-reactive ketones (excluding diaryl/α,β-unsaturated/α-hetero) is 2. The van der Waals surface area contributed by atoms with E-state index in [1.54, 1.807) is 19.9 Å². The molecule has 0 aromatic heterocycles. The second kappa shape index (κ2) is 8.34. The number of aromatic hydroxyl groups is 2. The monoisotopic (exact) mass is 476 g/mol. The highest BCUT2D eigenvalue weighted by Gasteiger charge is 2.63. The van der Waals surface area contributed by atoms with Crippen LogP contribution < -0.4 is 0 Å². The van der Waals surface area contributed by atoms with Crippen molar-refractivity contribution >= 4 is 22.3 Å². The van der Waals surface area contributed by atoms with Crippen molar-refractivity contribution in [1.82, 2.24) is 0 Å². The minimum Gasteiger partial charge on any atom is -0.507 e. The van der Waals surface area contributed by atoms with Crippen LogP contribution >= 0.6 is 0 Å². The molecule has 3 atom stereocenters. The lowest BCUT2D eigenvalue weighted by Gasteiger charge is -2.53. The first-order valence-corrected chi connectivity index (χ1v) is 12.3. The van der Waals surface area contributed by atoms with E-state index >= 15 is 0 Å². The normalized spacial score (nSPS) is 24.8. The molecule has 0 radical (unpaired) electrons. The molecular weight excluding hydrogens is 440 g/mol. The molecule has 186 valence electrons. The van der Waals surface area contributed by atoms with Gasteiger partial charge in [-0.15, -0.1) is 0 Å². The highest BCUT2D eigenvalue weighted by Crippen LogP contribution is 2.58. The van der Waals surface area contributed by atoms with Crippen LogP contribution in [0.5, 0.6) is 11.5 Å². The molecule has 4 rings (SSSR count). The lowest BCUT2D eigenvalue weighted by atomic mass is 9.49. The maximum atomic E-state index is 14.1. The molecule has 3 N–H and O–H groups in total. The van der Waals surface area contributed by atoms with Crippen molar-refractivity contribution < 1.29 is 24.9 Å². The van der Waals surface area contributed by atoms with E-state index in [4.69, 9.17) is 0 Å². The summed E-state index contributed by atoms with van der Waals surface area (Å²) >= 11 is 0. The summed E-state index contributed by atoms with van der Waals surface area (Å²) in [7, 11) is 0. The fraction of sp³-hybridized carbons (Fsp3) is 0.467. The maximum Gasteiger partial charge on any atom is 0.178 e. The summed E-state index contributed by atoms with van der Waals surface area (Å²) in [6.45, 7) is 13.3. The van der Waals surface area contributed by atoms with Gasteiger partial charge in [0.15, 0.2) is 11.6 Å². The molecule has 0 spiro atoms. The second-order valence-corrected chi connectivity index (χ2v) is 11.5. The number of aliphatic hydroxyl groups excluding tert-OH is 1. The van der Waals surface area contributed by atoms with Gasteiger partial charge in [0.05, 0.1) is 28.4 Å². The number of aliphatic hydroxyl groups is 1. The van der Waals surface area contributed by atoms with Gasteiger partial charge >= 0.3 is 0 Å². The summed E-state index contributed by atoms with van der Waals surface area (Å²) in [4.78, 5) is 27.9. The summed E-state index contributed by atoms with van der Waals surface area (Å²) in [6, 6.07) is 3.44. The second-order valence-electron chi connectivity index (χ2n) is 11.5. The van der Waals surface area contributed by atoms with Crippen LogP contribution in [0.4, 0.5) is 0 Å². The molecule has 5 heteroatoms. The minimum absolute atomic E-state index is 0.0914. The van der Waals surface area contributed by atoms with Crippen LogP contribution in [0.3, 0.4) is 0 Å². The number of aryl methyl sites for hydroxylation is 1. The Morgan fingerprint density at radius 3 is 2.29 bits per heavy atom. The Hall–Kier alpha value is -2.92. The highest BCUT2D eigenvalue weighted by atomic mass is 16.3. The van der Waals surface area contributed by atoms with Gasteiger partial charge in [-0.25, -0.2) is 0 Å². The lowest BCUT2D eigenvalue weighted by Crippen LogP contribution is -2.62. The van der Waals surface area contributed by atoms with Crippen molar-refractivity contribution in [1.29, 1.82) is 0 Å². The van der Waals surface area contributed by atoms with E-state index in [-0.39, 0.29) is 34.7 Å². The number of benzene rings is 2. The molecule has 1 saturated carbocycles. The fourth-order valence-electron chi connectivity index (χ4n) is 5.96. The smallest absolute Gasteiger partial charge is 0.178 e. The van der Waals surface area contributed by atoms with Crippen molar-refractivity contribution in [2.45, 2.75) is 79.2 Å². The third kappa shape index (κ3) is 3.63.